The molecule has 1 heterocycles. The largest absolute Gasteiger partial charge is 0.574 e. The van der Waals surface area contributed by atoms with E-state index in [1.807, 2.05) is 0 Å². The lowest BCUT2D eigenvalue weighted by atomic mass is 10.1. The molecular formula is C11H10F5NO4. The molecule has 0 radical (unpaired) electrons. The molecule has 0 amide bonds. The number of aromatic nitrogens is 1. The fourth-order valence-corrected chi connectivity index (χ4v) is 1.47. The molecule has 0 N–H and O–H groups in total. The lowest BCUT2D eigenvalue weighted by molar-refractivity contribution is -0.276. The zero-order valence-electron chi connectivity index (χ0n) is 10.8. The number of nitrogens with zero attached hydrogens (tertiary/aromatic N) is 1. The molecule has 0 saturated carbocycles. The summed E-state index contributed by atoms with van der Waals surface area (Å²) >= 11 is 0. The summed E-state index contributed by atoms with van der Waals surface area (Å²) in [4.78, 5) is 14.2. The Labute approximate surface area is 115 Å². The van der Waals surface area contributed by atoms with Gasteiger partial charge in [0.25, 0.3) is 6.43 Å². The highest BCUT2D eigenvalue weighted by molar-refractivity contribution is 5.74. The van der Waals surface area contributed by atoms with Gasteiger partial charge in [-0.05, 0) is 0 Å². The van der Waals surface area contributed by atoms with Gasteiger partial charge in [-0.15, -0.1) is 13.2 Å². The van der Waals surface area contributed by atoms with Crippen LogP contribution in [0.3, 0.4) is 0 Å². The van der Waals surface area contributed by atoms with Gasteiger partial charge in [0.1, 0.15) is 11.4 Å². The quantitative estimate of drug-likeness (QED) is 0.617. The number of carbonyl (C=O) groups is 1. The highest BCUT2D eigenvalue weighted by Crippen LogP contribution is 2.34. The Hall–Kier alpha value is -2.13. The van der Waals surface area contributed by atoms with Gasteiger partial charge in [0.15, 0.2) is 0 Å². The van der Waals surface area contributed by atoms with Crippen molar-refractivity contribution in [3.05, 3.63) is 17.3 Å². The molecule has 1 rings (SSSR count). The molecule has 0 bridgehead atoms. The van der Waals surface area contributed by atoms with Crippen LogP contribution in [-0.2, 0) is 16.0 Å². The van der Waals surface area contributed by atoms with Gasteiger partial charge in [-0.3, -0.25) is 4.79 Å². The number of carbonyl (C=O) groups excluding carboxylic acids is 1. The Morgan fingerprint density at radius 1 is 1.33 bits per heavy atom. The second kappa shape index (κ2) is 6.55. The maximum Gasteiger partial charge on any atom is 0.574 e. The van der Waals surface area contributed by atoms with E-state index in [0.717, 1.165) is 14.2 Å². The molecule has 21 heavy (non-hydrogen) atoms. The number of ether oxygens (including phenoxy) is 3. The van der Waals surface area contributed by atoms with E-state index in [9.17, 15) is 26.7 Å². The first-order valence-electron chi connectivity index (χ1n) is 5.36. The summed E-state index contributed by atoms with van der Waals surface area (Å²) in [5, 5.41) is 0. The standard InChI is InChI=1S/C11H10F5NO4/c1-19-6-4-7(21-11(14,15)16)17-9(10(12)13)5(6)3-8(18)20-2/h4,10H,3H2,1-2H3. The molecule has 0 aromatic carbocycles. The van der Waals surface area contributed by atoms with E-state index in [4.69, 9.17) is 4.74 Å². The van der Waals surface area contributed by atoms with Crippen LogP contribution in [0.5, 0.6) is 11.6 Å². The predicted octanol–water partition coefficient (Wildman–Crippen LogP) is 2.64. The molecule has 0 spiro atoms. The van der Waals surface area contributed by atoms with Crippen LogP contribution in [0.2, 0.25) is 0 Å². The molecule has 0 unspecified atom stereocenters. The van der Waals surface area contributed by atoms with E-state index >= 15 is 0 Å². The Balaban J connectivity index is 3.32. The van der Waals surface area contributed by atoms with Gasteiger partial charge in [0, 0.05) is 11.6 Å². The summed E-state index contributed by atoms with van der Waals surface area (Å²) in [6.45, 7) is 0. The van der Waals surface area contributed by atoms with Crippen molar-refractivity contribution >= 4 is 5.97 Å². The summed E-state index contributed by atoms with van der Waals surface area (Å²) in [5.41, 5.74) is -1.41. The van der Waals surface area contributed by atoms with Crippen LogP contribution >= 0.6 is 0 Å². The van der Waals surface area contributed by atoms with Gasteiger partial charge in [-0.2, -0.15) is 0 Å². The zero-order valence-corrected chi connectivity index (χ0v) is 10.8. The Morgan fingerprint density at radius 3 is 2.38 bits per heavy atom. The minimum atomic E-state index is -5.10. The summed E-state index contributed by atoms with van der Waals surface area (Å²) in [6.07, 6.45) is -8.95. The van der Waals surface area contributed by atoms with E-state index in [2.05, 4.69) is 14.5 Å². The Kier molecular flexibility index (Phi) is 5.28. The van der Waals surface area contributed by atoms with Crippen molar-refractivity contribution in [1.82, 2.24) is 4.98 Å². The van der Waals surface area contributed by atoms with Gasteiger partial charge in [0.05, 0.1) is 20.6 Å². The average molecular weight is 315 g/mol. The number of pyridine rings is 1. The molecular weight excluding hydrogens is 305 g/mol. The molecule has 0 fully saturated rings. The molecule has 118 valence electrons. The van der Waals surface area contributed by atoms with Crippen molar-refractivity contribution in [1.29, 1.82) is 0 Å². The lowest BCUT2D eigenvalue weighted by Crippen LogP contribution is -2.19. The first-order chi connectivity index (χ1) is 9.67. The molecule has 0 saturated heterocycles. The number of hydrogen-bond donors (Lipinski definition) is 0. The van der Waals surface area contributed by atoms with Crippen molar-refractivity contribution < 1.29 is 41.0 Å². The smallest absolute Gasteiger partial charge is 0.496 e. The minimum Gasteiger partial charge on any atom is -0.496 e. The topological polar surface area (TPSA) is 57.7 Å². The summed E-state index contributed by atoms with van der Waals surface area (Å²) in [5.74, 6) is -2.37. The number of hydrogen-bond acceptors (Lipinski definition) is 5. The highest BCUT2D eigenvalue weighted by atomic mass is 19.4. The molecule has 1 aromatic heterocycles. The van der Waals surface area contributed by atoms with Crippen LogP contribution in [-0.4, -0.2) is 31.5 Å². The van der Waals surface area contributed by atoms with Crippen LogP contribution in [0.15, 0.2) is 6.07 Å². The second-order valence-corrected chi connectivity index (χ2v) is 3.63. The molecule has 1 aromatic rings. The third kappa shape index (κ3) is 4.72. The zero-order chi connectivity index (χ0) is 16.2. The van der Waals surface area contributed by atoms with Crippen molar-refractivity contribution in [2.45, 2.75) is 19.2 Å². The monoisotopic (exact) mass is 315 g/mol. The van der Waals surface area contributed by atoms with Gasteiger partial charge in [-0.25, -0.2) is 13.8 Å². The first-order valence-corrected chi connectivity index (χ1v) is 5.36. The van der Waals surface area contributed by atoms with Crippen molar-refractivity contribution in [3.63, 3.8) is 0 Å². The lowest BCUT2D eigenvalue weighted by Gasteiger charge is -2.15. The third-order valence-corrected chi connectivity index (χ3v) is 2.29. The fourth-order valence-electron chi connectivity index (χ4n) is 1.47. The number of alkyl halides is 5. The maximum atomic E-state index is 12.9. The summed E-state index contributed by atoms with van der Waals surface area (Å²) in [6, 6.07) is 0.664. The van der Waals surface area contributed by atoms with Gasteiger partial charge in [-0.1, -0.05) is 0 Å². The Morgan fingerprint density at radius 2 is 1.95 bits per heavy atom. The molecule has 5 nitrogen and oxygen atoms in total. The van der Waals surface area contributed by atoms with Gasteiger partial charge >= 0.3 is 12.3 Å². The Bertz CT molecular complexity index is 518. The molecule has 0 aliphatic carbocycles. The minimum absolute atomic E-state index is 0.367. The number of methoxy groups -OCH3 is 2. The fraction of sp³-hybridized carbons (Fsp3) is 0.455. The second-order valence-electron chi connectivity index (χ2n) is 3.63. The molecule has 0 atom stereocenters. The van der Waals surface area contributed by atoms with E-state index in [0.29, 0.717) is 6.07 Å². The van der Waals surface area contributed by atoms with E-state index in [-0.39, 0.29) is 11.3 Å². The van der Waals surface area contributed by atoms with Crippen molar-refractivity contribution in [2.24, 2.45) is 0 Å². The highest BCUT2D eigenvalue weighted by Gasteiger charge is 2.33. The number of esters is 1. The molecule has 0 aliphatic rings. The summed E-state index contributed by atoms with van der Waals surface area (Å²) in [7, 11) is 2.08. The SMILES string of the molecule is COC(=O)Cc1c(OC)cc(OC(F)(F)F)nc1C(F)F. The van der Waals surface area contributed by atoms with Crippen LogP contribution in [0.1, 0.15) is 17.7 Å². The van der Waals surface area contributed by atoms with E-state index in [1.165, 1.54) is 0 Å². The molecule has 10 heteroatoms. The average Bonchev–Trinajstić information content (AvgIpc) is 2.37. The number of rotatable bonds is 5. The van der Waals surface area contributed by atoms with Gasteiger partial charge < -0.3 is 14.2 Å². The third-order valence-electron chi connectivity index (χ3n) is 2.29. The van der Waals surface area contributed by atoms with Crippen LogP contribution in [0.25, 0.3) is 0 Å². The van der Waals surface area contributed by atoms with Crippen molar-refractivity contribution in [3.8, 4) is 11.6 Å². The van der Waals surface area contributed by atoms with E-state index < -0.39 is 36.8 Å². The first kappa shape index (κ1) is 16.9. The predicted molar refractivity (Wildman–Crippen MR) is 58.1 cm³/mol. The van der Waals surface area contributed by atoms with E-state index in [1.54, 1.807) is 0 Å². The van der Waals surface area contributed by atoms with Crippen LogP contribution in [0, 0.1) is 0 Å². The van der Waals surface area contributed by atoms with Gasteiger partial charge in [0.2, 0.25) is 5.88 Å². The van der Waals surface area contributed by atoms with Crippen LogP contribution in [0.4, 0.5) is 22.0 Å². The van der Waals surface area contributed by atoms with Crippen LogP contribution < -0.4 is 9.47 Å². The maximum absolute atomic E-state index is 12.9. The molecule has 0 aliphatic heterocycles. The van der Waals surface area contributed by atoms with Crippen molar-refractivity contribution in [2.75, 3.05) is 14.2 Å². The normalized spacial score (nSPS) is 11.4. The number of halogens is 5. The summed E-state index contributed by atoms with van der Waals surface area (Å²) < 4.78 is 74.6.